The number of halogens is 1. The fourth-order valence-corrected chi connectivity index (χ4v) is 6.26. The van der Waals surface area contributed by atoms with Gasteiger partial charge in [0.1, 0.15) is 0 Å². The van der Waals surface area contributed by atoms with Gasteiger partial charge in [-0.3, -0.25) is 14.5 Å². The van der Waals surface area contributed by atoms with Gasteiger partial charge in [-0.1, -0.05) is 11.6 Å². The highest BCUT2D eigenvalue weighted by Crippen LogP contribution is 2.30. The number of hydrogen-bond acceptors (Lipinski definition) is 5. The van der Waals surface area contributed by atoms with E-state index < -0.39 is 9.84 Å². The topological polar surface area (TPSA) is 78.0 Å². The van der Waals surface area contributed by atoms with Gasteiger partial charge in [-0.2, -0.15) is 0 Å². The van der Waals surface area contributed by atoms with Crippen LogP contribution >= 0.6 is 11.6 Å². The van der Waals surface area contributed by atoms with Crippen molar-refractivity contribution in [1.82, 2.24) is 9.80 Å². The molecule has 2 amide bonds. The molecule has 0 radical (unpaired) electrons. The largest absolute Gasteiger partial charge is 0.336 e. The SMILES string of the molecule is O=C(c1ccc(Cl)cc1N1CCCC1=O)N1CCN([C@H]2CCS(=O)(=O)C2)CC1. The molecule has 0 aromatic heterocycles. The number of anilines is 1. The van der Waals surface area contributed by atoms with E-state index in [2.05, 4.69) is 4.90 Å². The molecule has 0 spiro atoms. The molecule has 4 rings (SSSR count). The van der Waals surface area contributed by atoms with E-state index in [9.17, 15) is 18.0 Å². The van der Waals surface area contributed by atoms with Gasteiger partial charge in [0.15, 0.2) is 9.84 Å². The minimum Gasteiger partial charge on any atom is -0.336 e. The molecule has 1 aromatic rings. The number of rotatable bonds is 3. The second-order valence-electron chi connectivity index (χ2n) is 7.70. The number of piperazine rings is 1. The molecule has 7 nitrogen and oxygen atoms in total. The number of hydrogen-bond donors (Lipinski definition) is 0. The van der Waals surface area contributed by atoms with E-state index in [4.69, 9.17) is 11.6 Å². The molecule has 1 atom stereocenters. The van der Waals surface area contributed by atoms with Gasteiger partial charge in [-0.15, -0.1) is 0 Å². The van der Waals surface area contributed by atoms with Crippen molar-refractivity contribution in [2.75, 3.05) is 49.1 Å². The molecule has 0 N–H and O–H groups in total. The fourth-order valence-electron chi connectivity index (χ4n) is 4.34. The molecular weight excluding hydrogens is 402 g/mol. The van der Waals surface area contributed by atoms with Crippen LogP contribution in [0.4, 0.5) is 5.69 Å². The van der Waals surface area contributed by atoms with Crippen molar-refractivity contribution in [3.63, 3.8) is 0 Å². The Morgan fingerprint density at radius 1 is 1.11 bits per heavy atom. The van der Waals surface area contributed by atoms with Crippen LogP contribution in [0.15, 0.2) is 18.2 Å². The summed E-state index contributed by atoms with van der Waals surface area (Å²) < 4.78 is 23.4. The number of nitrogens with zero attached hydrogens (tertiary/aromatic N) is 3. The molecule has 3 aliphatic rings. The van der Waals surface area contributed by atoms with Crippen molar-refractivity contribution in [1.29, 1.82) is 0 Å². The molecular formula is C19H24ClN3O4S. The molecule has 3 aliphatic heterocycles. The Labute approximate surface area is 170 Å². The van der Waals surface area contributed by atoms with Crippen molar-refractivity contribution >= 4 is 38.9 Å². The van der Waals surface area contributed by atoms with Crippen molar-refractivity contribution in [3.8, 4) is 0 Å². The van der Waals surface area contributed by atoms with Crippen LogP contribution in [0.2, 0.25) is 5.02 Å². The van der Waals surface area contributed by atoms with Crippen molar-refractivity contribution in [3.05, 3.63) is 28.8 Å². The Morgan fingerprint density at radius 2 is 1.86 bits per heavy atom. The maximum atomic E-state index is 13.2. The van der Waals surface area contributed by atoms with Crippen LogP contribution in [0.3, 0.4) is 0 Å². The number of carbonyl (C=O) groups is 2. The van der Waals surface area contributed by atoms with E-state index in [1.54, 1.807) is 28.0 Å². The van der Waals surface area contributed by atoms with Crippen LogP contribution in [0, 0.1) is 0 Å². The Morgan fingerprint density at radius 3 is 2.46 bits per heavy atom. The van der Waals surface area contributed by atoms with Gasteiger partial charge in [0, 0.05) is 50.2 Å². The number of sulfone groups is 1. The molecule has 3 heterocycles. The zero-order valence-corrected chi connectivity index (χ0v) is 17.2. The van der Waals surface area contributed by atoms with Gasteiger partial charge in [0.05, 0.1) is 22.8 Å². The first-order valence-corrected chi connectivity index (χ1v) is 11.9. The average Bonchev–Trinajstić information content (AvgIpc) is 3.26. The van der Waals surface area contributed by atoms with Gasteiger partial charge in [0.25, 0.3) is 5.91 Å². The molecule has 3 saturated heterocycles. The monoisotopic (exact) mass is 425 g/mol. The molecule has 0 aliphatic carbocycles. The highest BCUT2D eigenvalue weighted by Gasteiger charge is 2.35. The highest BCUT2D eigenvalue weighted by atomic mass is 35.5. The fraction of sp³-hybridized carbons (Fsp3) is 0.579. The molecule has 28 heavy (non-hydrogen) atoms. The molecule has 9 heteroatoms. The lowest BCUT2D eigenvalue weighted by atomic mass is 10.1. The first-order chi connectivity index (χ1) is 13.3. The summed E-state index contributed by atoms with van der Waals surface area (Å²) in [7, 11) is -2.91. The lowest BCUT2D eigenvalue weighted by Crippen LogP contribution is -2.52. The standard InChI is InChI=1S/C19H24ClN3O4S/c20-14-3-4-16(17(12-14)23-6-1-2-18(23)24)19(25)22-9-7-21(8-10-22)15-5-11-28(26,27)13-15/h3-4,12,15H,1-2,5-11,13H2/t15-/m0/s1. The highest BCUT2D eigenvalue weighted by molar-refractivity contribution is 7.91. The lowest BCUT2D eigenvalue weighted by molar-refractivity contribution is -0.117. The quantitative estimate of drug-likeness (QED) is 0.731. The normalized spacial score (nSPS) is 25.5. The summed E-state index contributed by atoms with van der Waals surface area (Å²) >= 11 is 6.13. The third-order valence-corrected chi connectivity index (χ3v) is 7.87. The predicted octanol–water partition coefficient (Wildman–Crippen LogP) is 1.41. The third-order valence-electron chi connectivity index (χ3n) is 5.88. The summed E-state index contributed by atoms with van der Waals surface area (Å²) in [5.41, 5.74) is 1.08. The van der Waals surface area contributed by atoms with Gasteiger partial charge in [0.2, 0.25) is 5.91 Å². The molecule has 0 unspecified atom stereocenters. The second-order valence-corrected chi connectivity index (χ2v) is 10.4. The predicted molar refractivity (Wildman–Crippen MR) is 108 cm³/mol. The molecule has 0 bridgehead atoms. The van der Waals surface area contributed by atoms with Crippen LogP contribution < -0.4 is 4.90 Å². The molecule has 3 fully saturated rings. The minimum atomic E-state index is -2.91. The van der Waals surface area contributed by atoms with Gasteiger partial charge < -0.3 is 9.80 Å². The lowest BCUT2D eigenvalue weighted by Gasteiger charge is -2.38. The van der Waals surface area contributed by atoms with Crippen molar-refractivity contribution in [2.45, 2.75) is 25.3 Å². The van der Waals surface area contributed by atoms with E-state index in [1.807, 2.05) is 0 Å². The Bertz CT molecular complexity index is 896. The van der Waals surface area contributed by atoms with E-state index in [0.29, 0.717) is 61.8 Å². The van der Waals surface area contributed by atoms with Crippen LogP contribution in [-0.4, -0.2) is 80.3 Å². The summed E-state index contributed by atoms with van der Waals surface area (Å²) in [6.45, 7) is 3.02. The summed E-state index contributed by atoms with van der Waals surface area (Å²) in [6, 6.07) is 5.13. The number of benzene rings is 1. The second kappa shape index (κ2) is 7.65. The summed E-state index contributed by atoms with van der Waals surface area (Å²) in [5, 5.41) is 0.499. The van der Waals surface area contributed by atoms with Gasteiger partial charge in [-0.25, -0.2) is 8.42 Å². The smallest absolute Gasteiger partial charge is 0.256 e. The summed E-state index contributed by atoms with van der Waals surface area (Å²) in [5.74, 6) is 0.391. The maximum absolute atomic E-state index is 13.2. The zero-order chi connectivity index (χ0) is 19.9. The van der Waals surface area contributed by atoms with Crippen LogP contribution in [0.5, 0.6) is 0 Å². The third kappa shape index (κ3) is 3.90. The van der Waals surface area contributed by atoms with Gasteiger partial charge in [-0.05, 0) is 31.0 Å². The first kappa shape index (κ1) is 19.7. The van der Waals surface area contributed by atoms with E-state index in [1.165, 1.54) is 0 Å². The zero-order valence-electron chi connectivity index (χ0n) is 15.6. The average molecular weight is 426 g/mol. The molecule has 0 saturated carbocycles. The van der Waals surface area contributed by atoms with E-state index >= 15 is 0 Å². The van der Waals surface area contributed by atoms with Crippen molar-refractivity contribution < 1.29 is 18.0 Å². The van der Waals surface area contributed by atoms with Crippen molar-refractivity contribution in [2.24, 2.45) is 0 Å². The maximum Gasteiger partial charge on any atom is 0.256 e. The van der Waals surface area contributed by atoms with Crippen LogP contribution in [0.1, 0.15) is 29.6 Å². The van der Waals surface area contributed by atoms with E-state index in [0.717, 1.165) is 6.42 Å². The van der Waals surface area contributed by atoms with Gasteiger partial charge >= 0.3 is 0 Å². The first-order valence-electron chi connectivity index (χ1n) is 9.68. The van der Waals surface area contributed by atoms with Crippen LogP contribution in [-0.2, 0) is 14.6 Å². The Balaban J connectivity index is 1.47. The van der Waals surface area contributed by atoms with E-state index in [-0.39, 0.29) is 29.4 Å². The number of carbonyl (C=O) groups excluding carboxylic acids is 2. The Kier molecular flexibility index (Phi) is 5.37. The summed E-state index contributed by atoms with van der Waals surface area (Å²) in [6.07, 6.45) is 1.94. The summed E-state index contributed by atoms with van der Waals surface area (Å²) in [4.78, 5) is 31.0. The molecule has 1 aromatic carbocycles. The minimum absolute atomic E-state index is 0.0172. The molecule has 152 valence electrons. The number of amides is 2. The van der Waals surface area contributed by atoms with Crippen LogP contribution in [0.25, 0.3) is 0 Å². The Hall–Kier alpha value is -1.64.